The summed E-state index contributed by atoms with van der Waals surface area (Å²) in [4.78, 5) is 11.0. The summed E-state index contributed by atoms with van der Waals surface area (Å²) >= 11 is 0. The van der Waals surface area contributed by atoms with Gasteiger partial charge in [-0.2, -0.15) is 0 Å². The molecule has 0 unspecified atom stereocenters. The fourth-order valence-corrected chi connectivity index (χ4v) is 0.953. The third-order valence-electron chi connectivity index (χ3n) is 1.60. The lowest BCUT2D eigenvalue weighted by Gasteiger charge is -2.06. The smallest absolute Gasteiger partial charge is 0.238 e. The van der Waals surface area contributed by atoms with Crippen molar-refractivity contribution >= 4 is 24.0 Å². The Balaban J connectivity index is 0.00000169. The van der Waals surface area contributed by atoms with E-state index < -0.39 is 0 Å². The molecule has 0 spiro atoms. The fraction of sp³-hybridized carbons (Fsp3) is 0.300. The topological polar surface area (TPSA) is 41.1 Å². The van der Waals surface area contributed by atoms with Crippen LogP contribution in [0.4, 0.5) is 5.69 Å². The summed E-state index contributed by atoms with van der Waals surface area (Å²) in [5.41, 5.74) is 6.34. The van der Waals surface area contributed by atoms with E-state index >= 15 is 0 Å². The first-order chi connectivity index (χ1) is 6.33. The van der Waals surface area contributed by atoms with Crippen molar-refractivity contribution in [2.24, 2.45) is 0 Å². The second kappa shape index (κ2) is 7.21. The van der Waals surface area contributed by atoms with Crippen LogP contribution in [0.25, 0.3) is 0 Å². The van der Waals surface area contributed by atoms with Crippen LogP contribution in [0, 0.1) is 0 Å². The van der Waals surface area contributed by atoms with Gasteiger partial charge in [-0.15, -0.1) is 12.4 Å². The van der Waals surface area contributed by atoms with Gasteiger partial charge >= 0.3 is 0 Å². The number of hydrogen-bond acceptors (Lipinski definition) is 2. The van der Waals surface area contributed by atoms with Crippen molar-refractivity contribution < 1.29 is 4.79 Å². The predicted molar refractivity (Wildman–Crippen MR) is 60.4 cm³/mol. The van der Waals surface area contributed by atoms with Crippen molar-refractivity contribution in [2.75, 3.05) is 5.43 Å². The number of rotatable bonds is 4. The van der Waals surface area contributed by atoms with Crippen LogP contribution in [0.1, 0.15) is 19.8 Å². The number of anilines is 1. The summed E-state index contributed by atoms with van der Waals surface area (Å²) in [6.07, 6.45) is 1.42. The van der Waals surface area contributed by atoms with Gasteiger partial charge in [0.25, 0.3) is 0 Å². The molecule has 3 nitrogen and oxygen atoms in total. The summed E-state index contributed by atoms with van der Waals surface area (Å²) in [6.45, 7) is 1.97. The number of hydrazine groups is 1. The highest BCUT2D eigenvalue weighted by atomic mass is 35.5. The molecular formula is C10H15ClN2O. The maximum atomic E-state index is 11.0. The average Bonchev–Trinajstić information content (AvgIpc) is 2.17. The molecule has 0 saturated heterocycles. The highest BCUT2D eigenvalue weighted by molar-refractivity contribution is 5.85. The summed E-state index contributed by atoms with van der Waals surface area (Å²) < 4.78 is 0. The zero-order valence-electron chi connectivity index (χ0n) is 8.12. The molecule has 78 valence electrons. The fourth-order valence-electron chi connectivity index (χ4n) is 0.953. The Morgan fingerprint density at radius 3 is 2.50 bits per heavy atom. The van der Waals surface area contributed by atoms with E-state index in [4.69, 9.17) is 0 Å². The van der Waals surface area contributed by atoms with Crippen LogP contribution in [-0.2, 0) is 4.79 Å². The van der Waals surface area contributed by atoms with Gasteiger partial charge in [-0.05, 0) is 18.6 Å². The van der Waals surface area contributed by atoms with E-state index in [0.29, 0.717) is 6.42 Å². The molecule has 1 amide bonds. The number of nitrogens with one attached hydrogen (secondary N) is 2. The minimum Gasteiger partial charge on any atom is -0.299 e. The van der Waals surface area contributed by atoms with E-state index in [1.54, 1.807) is 0 Å². The van der Waals surface area contributed by atoms with E-state index in [2.05, 4.69) is 10.9 Å². The summed E-state index contributed by atoms with van der Waals surface area (Å²) in [6, 6.07) is 9.54. The van der Waals surface area contributed by atoms with E-state index in [-0.39, 0.29) is 18.3 Å². The number of amides is 1. The second-order valence-electron chi connectivity index (χ2n) is 2.79. The molecule has 14 heavy (non-hydrogen) atoms. The minimum atomic E-state index is 0. The van der Waals surface area contributed by atoms with Gasteiger partial charge in [0.15, 0.2) is 0 Å². The maximum absolute atomic E-state index is 11.0. The van der Waals surface area contributed by atoms with Crippen molar-refractivity contribution in [2.45, 2.75) is 19.8 Å². The van der Waals surface area contributed by atoms with Gasteiger partial charge in [0, 0.05) is 6.42 Å². The zero-order chi connectivity index (χ0) is 9.52. The molecule has 1 aromatic rings. The van der Waals surface area contributed by atoms with Crippen LogP contribution in [-0.4, -0.2) is 5.91 Å². The van der Waals surface area contributed by atoms with Gasteiger partial charge in [-0.25, -0.2) is 0 Å². The normalized spacial score (nSPS) is 8.64. The van der Waals surface area contributed by atoms with Crippen molar-refractivity contribution in [3.63, 3.8) is 0 Å². The van der Waals surface area contributed by atoms with Gasteiger partial charge in [-0.3, -0.25) is 15.6 Å². The Morgan fingerprint density at radius 1 is 1.29 bits per heavy atom. The molecule has 0 fully saturated rings. The van der Waals surface area contributed by atoms with Gasteiger partial charge in [0.05, 0.1) is 5.69 Å². The van der Waals surface area contributed by atoms with Gasteiger partial charge < -0.3 is 0 Å². The lowest BCUT2D eigenvalue weighted by molar-refractivity contribution is -0.120. The number of carbonyl (C=O) groups excluding carboxylic acids is 1. The second-order valence-corrected chi connectivity index (χ2v) is 2.79. The van der Waals surface area contributed by atoms with Gasteiger partial charge in [-0.1, -0.05) is 25.1 Å². The summed E-state index contributed by atoms with van der Waals surface area (Å²) in [5.74, 6) is 0.0198. The Kier molecular flexibility index (Phi) is 6.58. The Bertz CT molecular complexity index is 264. The van der Waals surface area contributed by atoms with E-state index in [1.807, 2.05) is 37.3 Å². The Morgan fingerprint density at radius 2 is 1.93 bits per heavy atom. The average molecular weight is 215 g/mol. The molecule has 0 saturated carbocycles. The molecule has 1 rings (SSSR count). The zero-order valence-corrected chi connectivity index (χ0v) is 8.93. The molecule has 0 aliphatic carbocycles. The highest BCUT2D eigenvalue weighted by Gasteiger charge is 1.96. The molecule has 4 heteroatoms. The molecule has 2 N–H and O–H groups in total. The van der Waals surface area contributed by atoms with Gasteiger partial charge in [0.2, 0.25) is 5.91 Å². The number of para-hydroxylation sites is 1. The first-order valence-corrected chi connectivity index (χ1v) is 4.43. The first-order valence-electron chi connectivity index (χ1n) is 4.43. The van der Waals surface area contributed by atoms with E-state index in [1.165, 1.54) is 0 Å². The van der Waals surface area contributed by atoms with Crippen molar-refractivity contribution in [3.05, 3.63) is 30.3 Å². The summed E-state index contributed by atoms with van der Waals surface area (Å²) in [5, 5.41) is 0. The monoisotopic (exact) mass is 214 g/mol. The first kappa shape index (κ1) is 12.8. The Hall–Kier alpha value is -1.22. The minimum absolute atomic E-state index is 0. The standard InChI is InChI=1S/C10H14N2O.ClH/c1-2-6-10(13)12-11-9-7-4-3-5-8-9;/h3-5,7-8,11H,2,6H2,1H3,(H,12,13);1H. The number of benzene rings is 1. The predicted octanol–water partition coefficient (Wildman–Crippen LogP) is 2.35. The molecule has 0 aliphatic heterocycles. The lowest BCUT2D eigenvalue weighted by Crippen LogP contribution is -2.28. The molecule has 1 aromatic carbocycles. The molecule has 0 aromatic heterocycles. The van der Waals surface area contributed by atoms with Crippen molar-refractivity contribution in [1.29, 1.82) is 0 Å². The molecule has 0 heterocycles. The molecular weight excluding hydrogens is 200 g/mol. The highest BCUT2D eigenvalue weighted by Crippen LogP contribution is 2.02. The maximum Gasteiger partial charge on any atom is 0.238 e. The van der Waals surface area contributed by atoms with Crippen LogP contribution < -0.4 is 10.9 Å². The molecule has 0 aliphatic rings. The van der Waals surface area contributed by atoms with Crippen LogP contribution in [0.2, 0.25) is 0 Å². The van der Waals surface area contributed by atoms with Crippen molar-refractivity contribution in [3.8, 4) is 0 Å². The molecule has 0 atom stereocenters. The molecule has 0 bridgehead atoms. The van der Waals surface area contributed by atoms with E-state index in [0.717, 1.165) is 12.1 Å². The number of carbonyl (C=O) groups is 1. The largest absolute Gasteiger partial charge is 0.299 e. The molecule has 0 radical (unpaired) electrons. The Labute approximate surface area is 90.3 Å². The van der Waals surface area contributed by atoms with E-state index in [9.17, 15) is 4.79 Å². The van der Waals surface area contributed by atoms with Crippen LogP contribution in [0.3, 0.4) is 0 Å². The third kappa shape index (κ3) is 4.72. The lowest BCUT2D eigenvalue weighted by atomic mass is 10.3. The number of hydrogen-bond donors (Lipinski definition) is 2. The summed E-state index contributed by atoms with van der Waals surface area (Å²) in [7, 11) is 0. The number of halogens is 1. The SMILES string of the molecule is CCCC(=O)NNc1ccccc1.Cl. The van der Waals surface area contributed by atoms with Crippen LogP contribution >= 0.6 is 12.4 Å². The van der Waals surface area contributed by atoms with Crippen LogP contribution in [0.15, 0.2) is 30.3 Å². The quantitative estimate of drug-likeness (QED) is 0.756. The van der Waals surface area contributed by atoms with Crippen LogP contribution in [0.5, 0.6) is 0 Å². The van der Waals surface area contributed by atoms with Crippen molar-refractivity contribution in [1.82, 2.24) is 5.43 Å². The van der Waals surface area contributed by atoms with Gasteiger partial charge in [0.1, 0.15) is 0 Å². The third-order valence-corrected chi connectivity index (χ3v) is 1.60.